The molecule has 8 heteroatoms. The van der Waals surface area contributed by atoms with Gasteiger partial charge in [0.25, 0.3) is 5.91 Å². The molecule has 1 fully saturated rings. The van der Waals surface area contributed by atoms with Crippen molar-refractivity contribution in [3.05, 3.63) is 54.4 Å². The number of carbonyl (C=O) groups excluding carboxylic acids is 2. The third-order valence-electron chi connectivity index (χ3n) is 5.71. The van der Waals surface area contributed by atoms with E-state index in [2.05, 4.69) is 10.3 Å². The summed E-state index contributed by atoms with van der Waals surface area (Å²) in [4.78, 5) is 45.8. The molecular formula is C22H24N4O4. The lowest BCUT2D eigenvalue weighted by molar-refractivity contribution is -0.157. The van der Waals surface area contributed by atoms with Crippen molar-refractivity contribution in [1.29, 1.82) is 0 Å². The van der Waals surface area contributed by atoms with Crippen molar-refractivity contribution in [2.24, 2.45) is 0 Å². The first-order chi connectivity index (χ1) is 14.5. The van der Waals surface area contributed by atoms with Crippen molar-refractivity contribution in [1.82, 2.24) is 20.1 Å². The first-order valence-corrected chi connectivity index (χ1v) is 9.99. The van der Waals surface area contributed by atoms with Gasteiger partial charge in [-0.25, -0.2) is 4.79 Å². The van der Waals surface area contributed by atoms with E-state index in [9.17, 15) is 19.5 Å². The van der Waals surface area contributed by atoms with Crippen LogP contribution in [0.1, 0.15) is 23.3 Å². The van der Waals surface area contributed by atoms with E-state index in [4.69, 9.17) is 0 Å². The van der Waals surface area contributed by atoms with E-state index in [1.165, 1.54) is 4.90 Å². The Hall–Kier alpha value is -3.26. The number of hydrogen-bond donors (Lipinski definition) is 2. The number of nitrogens with one attached hydrogen (secondary N) is 1. The van der Waals surface area contributed by atoms with Gasteiger partial charge < -0.3 is 20.2 Å². The van der Waals surface area contributed by atoms with E-state index in [-0.39, 0.29) is 24.2 Å². The number of amides is 2. The minimum atomic E-state index is -1.04. The van der Waals surface area contributed by atoms with Crippen molar-refractivity contribution in [3.8, 4) is 0 Å². The van der Waals surface area contributed by atoms with Gasteiger partial charge in [0, 0.05) is 30.7 Å². The zero-order valence-electron chi connectivity index (χ0n) is 16.7. The van der Waals surface area contributed by atoms with Crippen molar-refractivity contribution in [2.45, 2.75) is 31.0 Å². The van der Waals surface area contributed by atoms with Crippen LogP contribution in [-0.4, -0.2) is 75.9 Å². The summed E-state index contributed by atoms with van der Waals surface area (Å²) in [5.74, 6) is -1.85. The molecule has 1 aromatic heterocycles. The smallest absolute Gasteiger partial charge is 0.327 e. The quantitative estimate of drug-likeness (QED) is 0.742. The Morgan fingerprint density at radius 2 is 1.90 bits per heavy atom. The second-order valence-corrected chi connectivity index (χ2v) is 7.82. The highest BCUT2D eigenvalue weighted by Crippen LogP contribution is 2.23. The molecule has 30 heavy (non-hydrogen) atoms. The number of fused-ring (bicyclic) bond motifs is 2. The third-order valence-corrected chi connectivity index (χ3v) is 5.71. The Morgan fingerprint density at radius 3 is 2.70 bits per heavy atom. The highest BCUT2D eigenvalue weighted by molar-refractivity contribution is 6.06. The number of piperazine rings is 1. The molecule has 2 aliphatic rings. The predicted molar refractivity (Wildman–Crippen MR) is 111 cm³/mol. The highest BCUT2D eigenvalue weighted by Gasteiger charge is 2.42. The molecular weight excluding hydrogens is 384 g/mol. The van der Waals surface area contributed by atoms with E-state index in [1.807, 2.05) is 54.4 Å². The van der Waals surface area contributed by atoms with Crippen LogP contribution in [0.5, 0.6) is 0 Å². The van der Waals surface area contributed by atoms with E-state index in [0.717, 1.165) is 5.39 Å². The van der Waals surface area contributed by atoms with Crippen molar-refractivity contribution in [3.63, 3.8) is 0 Å². The summed E-state index contributed by atoms with van der Waals surface area (Å²) in [5.41, 5.74) is 0.247. The Labute approximate surface area is 174 Å². The molecule has 0 aliphatic carbocycles. The van der Waals surface area contributed by atoms with Gasteiger partial charge in [-0.3, -0.25) is 14.6 Å². The van der Waals surface area contributed by atoms with Crippen LogP contribution < -0.4 is 5.32 Å². The SMILES string of the molecule is CN1C[C@@H]2CC=CC[C@H](NC(=O)c3nccc4ccccc34)C(=O)N2[C@H](C(=O)O)C1. The maximum atomic E-state index is 13.4. The van der Waals surface area contributed by atoms with Crippen LogP contribution in [-0.2, 0) is 9.59 Å². The monoisotopic (exact) mass is 408 g/mol. The summed E-state index contributed by atoms with van der Waals surface area (Å²) in [6.45, 7) is 0.845. The van der Waals surface area contributed by atoms with Crippen molar-refractivity contribution < 1.29 is 19.5 Å². The zero-order chi connectivity index (χ0) is 21.3. The van der Waals surface area contributed by atoms with Crippen molar-refractivity contribution in [2.75, 3.05) is 20.1 Å². The molecule has 2 N–H and O–H groups in total. The molecule has 0 bridgehead atoms. The first-order valence-electron chi connectivity index (χ1n) is 9.99. The zero-order valence-corrected chi connectivity index (χ0v) is 16.7. The fraction of sp³-hybridized carbons (Fsp3) is 0.364. The number of carboxylic acid groups (broad SMARTS) is 1. The molecule has 0 unspecified atom stereocenters. The van der Waals surface area contributed by atoms with Gasteiger partial charge in [0.05, 0.1) is 0 Å². The molecule has 156 valence electrons. The Morgan fingerprint density at radius 1 is 1.13 bits per heavy atom. The summed E-state index contributed by atoms with van der Waals surface area (Å²) in [6, 6.07) is 7.21. The fourth-order valence-corrected chi connectivity index (χ4v) is 4.29. The van der Waals surface area contributed by atoms with Gasteiger partial charge in [-0.15, -0.1) is 0 Å². The summed E-state index contributed by atoms with van der Waals surface area (Å²) < 4.78 is 0. The molecule has 4 rings (SSSR count). The number of nitrogens with zero attached hydrogens (tertiary/aromatic N) is 3. The van der Waals surface area contributed by atoms with Crippen LogP contribution >= 0.6 is 0 Å². The first kappa shape index (κ1) is 20.0. The molecule has 2 aliphatic heterocycles. The third kappa shape index (κ3) is 3.78. The largest absolute Gasteiger partial charge is 0.480 e. The number of rotatable bonds is 3. The molecule has 3 atom stereocenters. The maximum Gasteiger partial charge on any atom is 0.327 e. The molecule has 2 aromatic rings. The second kappa shape index (κ2) is 8.23. The van der Waals surface area contributed by atoms with Gasteiger partial charge in [0.15, 0.2) is 0 Å². The Balaban J connectivity index is 1.62. The topological polar surface area (TPSA) is 103 Å². The minimum Gasteiger partial charge on any atom is -0.480 e. The van der Waals surface area contributed by atoms with E-state index in [0.29, 0.717) is 24.8 Å². The number of carboxylic acids is 1. The van der Waals surface area contributed by atoms with Crippen LogP contribution in [0.3, 0.4) is 0 Å². The normalized spacial score (nSPS) is 24.8. The highest BCUT2D eigenvalue weighted by atomic mass is 16.4. The lowest BCUT2D eigenvalue weighted by Gasteiger charge is -2.45. The summed E-state index contributed by atoms with van der Waals surface area (Å²) in [5, 5.41) is 14.1. The predicted octanol–water partition coefficient (Wildman–Crippen LogP) is 1.28. The summed E-state index contributed by atoms with van der Waals surface area (Å²) in [7, 11) is 1.85. The van der Waals surface area contributed by atoms with Crippen LogP contribution in [0, 0.1) is 0 Å². The molecule has 0 saturated carbocycles. The van der Waals surface area contributed by atoms with Gasteiger partial charge in [-0.2, -0.15) is 0 Å². The molecule has 0 radical (unpaired) electrons. The molecule has 2 amide bonds. The number of hydrogen-bond acceptors (Lipinski definition) is 5. The van der Waals surface area contributed by atoms with Gasteiger partial charge in [-0.05, 0) is 31.3 Å². The van der Waals surface area contributed by atoms with Gasteiger partial charge >= 0.3 is 5.97 Å². The second-order valence-electron chi connectivity index (χ2n) is 7.82. The number of aromatic nitrogens is 1. The summed E-state index contributed by atoms with van der Waals surface area (Å²) in [6.07, 6.45) is 6.29. The average molecular weight is 408 g/mol. The number of benzene rings is 1. The number of aliphatic carboxylic acids is 1. The summed E-state index contributed by atoms with van der Waals surface area (Å²) >= 11 is 0. The molecule has 1 aromatic carbocycles. The van der Waals surface area contributed by atoms with E-state index >= 15 is 0 Å². The van der Waals surface area contributed by atoms with E-state index in [1.54, 1.807) is 6.20 Å². The average Bonchev–Trinajstić information content (AvgIpc) is 2.73. The molecule has 8 nitrogen and oxygen atoms in total. The lowest BCUT2D eigenvalue weighted by atomic mass is 9.97. The van der Waals surface area contributed by atoms with E-state index < -0.39 is 24.0 Å². The fourth-order valence-electron chi connectivity index (χ4n) is 4.29. The van der Waals surface area contributed by atoms with Gasteiger partial charge in [0.2, 0.25) is 5.91 Å². The molecule has 3 heterocycles. The van der Waals surface area contributed by atoms with Crippen LogP contribution in [0.15, 0.2) is 48.7 Å². The molecule has 1 saturated heterocycles. The van der Waals surface area contributed by atoms with Gasteiger partial charge in [-0.1, -0.05) is 36.4 Å². The van der Waals surface area contributed by atoms with Crippen LogP contribution in [0.2, 0.25) is 0 Å². The number of pyridine rings is 1. The lowest BCUT2D eigenvalue weighted by Crippen LogP contribution is -2.65. The van der Waals surface area contributed by atoms with Crippen molar-refractivity contribution >= 4 is 28.6 Å². The number of carbonyl (C=O) groups is 3. The molecule has 0 spiro atoms. The maximum absolute atomic E-state index is 13.4. The van der Waals surface area contributed by atoms with Crippen LogP contribution in [0.25, 0.3) is 10.8 Å². The standard InChI is InChI=1S/C22H24N4O4/c1-25-12-15-7-3-5-9-17(21(28)26(15)18(13-25)22(29)30)24-20(27)19-16-8-4-2-6-14(16)10-11-23-19/h2-6,8,10-11,15,17-18H,7,9,12-13H2,1H3,(H,24,27)(H,29,30)/t15-,17-,18-/m0/s1. The van der Waals surface area contributed by atoms with Gasteiger partial charge in [0.1, 0.15) is 17.8 Å². The van der Waals surface area contributed by atoms with Crippen LogP contribution in [0.4, 0.5) is 0 Å². The minimum absolute atomic E-state index is 0.246. The Bertz CT molecular complexity index is 1020. The Kier molecular flexibility index (Phi) is 5.50. The number of likely N-dealkylation sites (N-methyl/N-ethyl adjacent to an activating group) is 1.